The van der Waals surface area contributed by atoms with E-state index >= 15 is 0 Å². The molecular formula is C15H32N2O3. The third kappa shape index (κ3) is 5.77. The molecule has 0 aromatic carbocycles. The lowest BCUT2D eigenvalue weighted by Gasteiger charge is -2.38. The molecule has 120 valence electrons. The van der Waals surface area contributed by atoms with Crippen LogP contribution in [0, 0.1) is 0 Å². The van der Waals surface area contributed by atoms with Crippen molar-refractivity contribution in [2.75, 3.05) is 20.3 Å². The van der Waals surface area contributed by atoms with E-state index in [0.717, 1.165) is 6.54 Å². The Kier molecular flexibility index (Phi) is 8.32. The third-order valence-corrected chi connectivity index (χ3v) is 3.69. The van der Waals surface area contributed by atoms with E-state index in [1.807, 2.05) is 13.8 Å². The van der Waals surface area contributed by atoms with Crippen LogP contribution in [0.25, 0.3) is 0 Å². The average molecular weight is 288 g/mol. The second kappa shape index (κ2) is 8.60. The zero-order valence-electron chi connectivity index (χ0n) is 14.1. The van der Waals surface area contributed by atoms with Crippen molar-refractivity contribution >= 4 is 5.97 Å². The molecule has 0 saturated carbocycles. The van der Waals surface area contributed by atoms with Crippen LogP contribution in [0.3, 0.4) is 0 Å². The molecular weight excluding hydrogens is 256 g/mol. The van der Waals surface area contributed by atoms with Crippen LogP contribution in [-0.4, -0.2) is 59.9 Å². The number of carboxylic acids is 1. The van der Waals surface area contributed by atoms with Gasteiger partial charge >= 0.3 is 5.97 Å². The van der Waals surface area contributed by atoms with Gasteiger partial charge < -0.3 is 9.84 Å². The van der Waals surface area contributed by atoms with E-state index in [1.54, 1.807) is 14.0 Å². The van der Waals surface area contributed by atoms with Gasteiger partial charge in [0.2, 0.25) is 0 Å². The van der Waals surface area contributed by atoms with E-state index in [2.05, 4.69) is 31.0 Å². The molecule has 5 nitrogen and oxygen atoms in total. The van der Waals surface area contributed by atoms with Gasteiger partial charge in [-0.05, 0) is 47.6 Å². The SMILES string of the molecule is CCN(C(C)COC)C(C)CC(C)(NC(C)C)C(=O)O. The smallest absolute Gasteiger partial charge is 0.323 e. The Labute approximate surface area is 123 Å². The van der Waals surface area contributed by atoms with E-state index in [9.17, 15) is 9.90 Å². The van der Waals surface area contributed by atoms with Gasteiger partial charge in [0.1, 0.15) is 5.54 Å². The number of hydrogen-bond donors (Lipinski definition) is 2. The minimum atomic E-state index is -0.909. The molecule has 0 aliphatic rings. The maximum absolute atomic E-state index is 11.6. The number of nitrogens with zero attached hydrogens (tertiary/aromatic N) is 1. The molecule has 0 aliphatic heterocycles. The lowest BCUT2D eigenvalue weighted by molar-refractivity contribution is -0.145. The Hall–Kier alpha value is -0.650. The molecule has 0 spiro atoms. The molecule has 20 heavy (non-hydrogen) atoms. The van der Waals surface area contributed by atoms with Gasteiger partial charge in [0, 0.05) is 25.2 Å². The average Bonchev–Trinajstić information content (AvgIpc) is 2.28. The van der Waals surface area contributed by atoms with Crippen molar-refractivity contribution < 1.29 is 14.6 Å². The molecule has 0 aromatic heterocycles. The van der Waals surface area contributed by atoms with Crippen molar-refractivity contribution in [2.24, 2.45) is 0 Å². The Morgan fingerprint density at radius 2 is 1.85 bits per heavy atom. The Morgan fingerprint density at radius 3 is 2.20 bits per heavy atom. The van der Waals surface area contributed by atoms with Gasteiger partial charge in [-0.1, -0.05) is 6.92 Å². The first-order valence-corrected chi connectivity index (χ1v) is 7.43. The summed E-state index contributed by atoms with van der Waals surface area (Å²) in [6.07, 6.45) is 0.558. The third-order valence-electron chi connectivity index (χ3n) is 3.69. The van der Waals surface area contributed by atoms with E-state index < -0.39 is 11.5 Å². The fourth-order valence-corrected chi connectivity index (χ4v) is 2.95. The van der Waals surface area contributed by atoms with Crippen LogP contribution in [0.1, 0.15) is 48.0 Å². The van der Waals surface area contributed by atoms with E-state index in [0.29, 0.717) is 13.0 Å². The number of hydrogen-bond acceptors (Lipinski definition) is 4. The highest BCUT2D eigenvalue weighted by atomic mass is 16.5. The summed E-state index contributed by atoms with van der Waals surface area (Å²) >= 11 is 0. The number of carboxylic acid groups (broad SMARTS) is 1. The topological polar surface area (TPSA) is 61.8 Å². The summed E-state index contributed by atoms with van der Waals surface area (Å²) in [4.78, 5) is 13.9. The van der Waals surface area contributed by atoms with E-state index in [1.165, 1.54) is 0 Å². The van der Waals surface area contributed by atoms with E-state index in [4.69, 9.17) is 4.74 Å². The summed E-state index contributed by atoms with van der Waals surface area (Å²) in [5.41, 5.74) is -0.909. The van der Waals surface area contributed by atoms with Gasteiger partial charge in [0.05, 0.1) is 6.61 Å². The van der Waals surface area contributed by atoms with Gasteiger partial charge in [-0.2, -0.15) is 0 Å². The molecule has 0 heterocycles. The van der Waals surface area contributed by atoms with Crippen molar-refractivity contribution in [3.05, 3.63) is 0 Å². The van der Waals surface area contributed by atoms with Crippen molar-refractivity contribution in [3.8, 4) is 0 Å². The normalized spacial score (nSPS) is 18.1. The van der Waals surface area contributed by atoms with Crippen LogP contribution >= 0.6 is 0 Å². The maximum Gasteiger partial charge on any atom is 0.323 e. The van der Waals surface area contributed by atoms with Gasteiger partial charge in [-0.25, -0.2) is 0 Å². The molecule has 0 rings (SSSR count). The number of likely N-dealkylation sites (N-methyl/N-ethyl adjacent to an activating group) is 1. The molecule has 5 heteroatoms. The second-order valence-corrected chi connectivity index (χ2v) is 6.12. The van der Waals surface area contributed by atoms with Crippen molar-refractivity contribution in [1.82, 2.24) is 10.2 Å². The van der Waals surface area contributed by atoms with Crippen LogP contribution in [0.2, 0.25) is 0 Å². The van der Waals surface area contributed by atoms with Gasteiger partial charge in [-0.3, -0.25) is 15.0 Å². The first kappa shape index (κ1) is 19.4. The predicted molar refractivity (Wildman–Crippen MR) is 82.1 cm³/mol. The number of carbonyl (C=O) groups is 1. The first-order valence-electron chi connectivity index (χ1n) is 7.43. The number of ether oxygens (including phenoxy) is 1. The molecule has 2 N–H and O–H groups in total. The summed E-state index contributed by atoms with van der Waals surface area (Å²) in [5, 5.41) is 12.7. The Morgan fingerprint density at radius 1 is 1.30 bits per heavy atom. The summed E-state index contributed by atoms with van der Waals surface area (Å²) in [5.74, 6) is -0.798. The number of aliphatic carboxylic acids is 1. The highest BCUT2D eigenvalue weighted by Crippen LogP contribution is 2.19. The van der Waals surface area contributed by atoms with Crippen LogP contribution in [0.15, 0.2) is 0 Å². The zero-order valence-corrected chi connectivity index (χ0v) is 14.1. The zero-order chi connectivity index (χ0) is 15.9. The van der Waals surface area contributed by atoms with Crippen LogP contribution in [-0.2, 0) is 9.53 Å². The highest BCUT2D eigenvalue weighted by Gasteiger charge is 2.36. The fraction of sp³-hybridized carbons (Fsp3) is 0.933. The summed E-state index contributed by atoms with van der Waals surface area (Å²) in [7, 11) is 1.69. The molecule has 0 aromatic rings. The van der Waals surface area contributed by atoms with Gasteiger partial charge in [-0.15, -0.1) is 0 Å². The molecule has 0 saturated heterocycles. The summed E-state index contributed by atoms with van der Waals surface area (Å²) in [6, 6.07) is 0.573. The highest BCUT2D eigenvalue weighted by molar-refractivity contribution is 5.78. The standard InChI is InChI=1S/C15H32N2O3/c1-8-17(13(5)10-20-7)12(4)9-15(6,14(18)19)16-11(2)3/h11-13,16H,8-10H2,1-7H3,(H,18,19). The quantitative estimate of drug-likeness (QED) is 0.643. The van der Waals surface area contributed by atoms with Crippen LogP contribution < -0.4 is 5.32 Å². The molecule has 0 aliphatic carbocycles. The number of nitrogens with one attached hydrogen (secondary N) is 1. The molecule has 3 atom stereocenters. The maximum atomic E-state index is 11.6. The molecule has 0 amide bonds. The minimum Gasteiger partial charge on any atom is -0.480 e. The van der Waals surface area contributed by atoms with Gasteiger partial charge in [0.15, 0.2) is 0 Å². The molecule has 3 unspecified atom stereocenters. The number of rotatable bonds is 10. The largest absolute Gasteiger partial charge is 0.480 e. The minimum absolute atomic E-state index is 0.134. The Balaban J connectivity index is 4.88. The van der Waals surface area contributed by atoms with Crippen molar-refractivity contribution in [3.63, 3.8) is 0 Å². The van der Waals surface area contributed by atoms with E-state index in [-0.39, 0.29) is 18.1 Å². The van der Waals surface area contributed by atoms with Crippen molar-refractivity contribution in [1.29, 1.82) is 0 Å². The lowest BCUT2D eigenvalue weighted by atomic mass is 9.91. The van der Waals surface area contributed by atoms with Crippen LogP contribution in [0.4, 0.5) is 0 Å². The summed E-state index contributed by atoms with van der Waals surface area (Å²) in [6.45, 7) is 13.5. The lowest BCUT2D eigenvalue weighted by Crippen LogP contribution is -2.56. The van der Waals surface area contributed by atoms with Gasteiger partial charge in [0.25, 0.3) is 0 Å². The fourth-order valence-electron chi connectivity index (χ4n) is 2.95. The number of methoxy groups -OCH3 is 1. The van der Waals surface area contributed by atoms with Crippen LogP contribution in [0.5, 0.6) is 0 Å². The monoisotopic (exact) mass is 288 g/mol. The molecule has 0 fully saturated rings. The van der Waals surface area contributed by atoms with Crippen molar-refractivity contribution in [2.45, 2.75) is 71.6 Å². The predicted octanol–water partition coefficient (Wildman–Crippen LogP) is 1.96. The molecule has 0 bridgehead atoms. The second-order valence-electron chi connectivity index (χ2n) is 6.12. The Bertz CT molecular complexity index is 297. The first-order chi connectivity index (χ1) is 9.17. The summed E-state index contributed by atoms with van der Waals surface area (Å²) < 4.78 is 5.21. The molecule has 0 radical (unpaired) electrons.